The lowest BCUT2D eigenvalue weighted by molar-refractivity contribution is -0.349. The topological polar surface area (TPSA) is 43.8 Å². The predicted octanol–water partition coefficient (Wildman–Crippen LogP) is 10.2. The van der Waals surface area contributed by atoms with Crippen LogP contribution in [0.1, 0.15) is 16.7 Å². The Labute approximate surface area is 251 Å². The minimum atomic E-state index is -6.24. The zero-order valence-corrected chi connectivity index (χ0v) is 23.0. The molecule has 0 saturated carbocycles. The summed E-state index contributed by atoms with van der Waals surface area (Å²) >= 11 is 22.3. The van der Waals surface area contributed by atoms with Gasteiger partial charge in [0.15, 0.2) is 0 Å². The van der Waals surface area contributed by atoms with E-state index in [4.69, 9.17) is 52.1 Å². The van der Waals surface area contributed by atoms with Crippen molar-refractivity contribution >= 4 is 46.4 Å². The molecule has 0 aliphatic carbocycles. The average Bonchev–Trinajstić information content (AvgIpc) is 3.34. The molecule has 0 amide bonds. The van der Waals surface area contributed by atoms with Crippen LogP contribution in [0.3, 0.4) is 0 Å². The first-order chi connectivity index (χ1) is 19.3. The van der Waals surface area contributed by atoms with E-state index in [-0.39, 0.29) is 42.1 Å². The molecule has 0 aliphatic heterocycles. The van der Waals surface area contributed by atoms with Gasteiger partial charge in [0.2, 0.25) is 0 Å². The lowest BCUT2D eigenvalue weighted by atomic mass is 9.93. The molecule has 0 fully saturated rings. The summed E-state index contributed by atoms with van der Waals surface area (Å²) in [5, 5.41) is 1.31. The zero-order chi connectivity index (χ0) is 33.6. The summed E-state index contributed by atoms with van der Waals surface area (Å²) in [7, 11) is 0. The molecule has 0 atom stereocenters. The van der Waals surface area contributed by atoms with Crippen LogP contribution in [-0.2, 0) is 17.9 Å². The number of rotatable bonds is 4. The molecule has 2 N–H and O–H groups in total. The summed E-state index contributed by atoms with van der Waals surface area (Å²) in [4.78, 5) is 0. The number of aromatic nitrogens is 2. The quantitative estimate of drug-likeness (QED) is 0.272. The fourth-order valence-corrected chi connectivity index (χ4v) is 4.66. The van der Waals surface area contributed by atoms with E-state index < -0.39 is 67.3 Å². The second-order valence-corrected chi connectivity index (χ2v) is 9.80. The molecule has 240 valence electrons. The number of hydrogen-bond acceptors (Lipinski definition) is 2. The highest BCUT2D eigenvalue weighted by Crippen LogP contribution is 2.55. The molecule has 1 heterocycles. The van der Waals surface area contributed by atoms with Crippen molar-refractivity contribution in [3.63, 3.8) is 0 Å². The van der Waals surface area contributed by atoms with Crippen LogP contribution >= 0.6 is 46.4 Å². The molecule has 0 aliphatic rings. The highest BCUT2D eigenvalue weighted by molar-refractivity contribution is 6.38. The van der Waals surface area contributed by atoms with E-state index >= 15 is 0 Å². The third kappa shape index (κ3) is 6.89. The van der Waals surface area contributed by atoms with Crippen LogP contribution in [0.4, 0.5) is 61.5 Å². The van der Waals surface area contributed by atoms with Crippen LogP contribution < -0.4 is 5.73 Å². The molecule has 0 unspecified atom stereocenters. The van der Waals surface area contributed by atoms with Crippen LogP contribution in [0.5, 0.6) is 0 Å². The Morgan fingerprint density at radius 2 is 0.907 bits per heavy atom. The van der Waals surface area contributed by atoms with E-state index in [0.717, 1.165) is 4.68 Å². The minimum absolute atomic E-state index is 0.0798. The maximum atomic E-state index is 14.0. The number of halogens is 18. The van der Waals surface area contributed by atoms with Gasteiger partial charge in [0, 0.05) is 45.7 Å². The van der Waals surface area contributed by atoms with Gasteiger partial charge < -0.3 is 5.73 Å². The van der Waals surface area contributed by atoms with Crippen molar-refractivity contribution < 1.29 is 61.5 Å². The smallest absolute Gasteiger partial charge is 0.326 e. The van der Waals surface area contributed by atoms with E-state index in [2.05, 4.69) is 5.10 Å². The Morgan fingerprint density at radius 1 is 0.581 bits per heavy atom. The Morgan fingerprint density at radius 3 is 1.16 bits per heavy atom. The summed E-state index contributed by atoms with van der Waals surface area (Å²) < 4.78 is 180. The van der Waals surface area contributed by atoms with Crippen molar-refractivity contribution in [3.8, 4) is 5.69 Å². The van der Waals surface area contributed by atoms with Crippen LogP contribution in [0, 0.1) is 0 Å². The van der Waals surface area contributed by atoms with Gasteiger partial charge in [0.05, 0.1) is 10.0 Å². The van der Waals surface area contributed by atoms with Gasteiger partial charge in [-0.1, -0.05) is 46.4 Å². The largest absolute Gasteiger partial charge is 0.435 e. The van der Waals surface area contributed by atoms with Gasteiger partial charge >= 0.3 is 36.0 Å². The maximum absolute atomic E-state index is 14.0. The highest BCUT2D eigenvalue weighted by Gasteiger charge is 2.74. The van der Waals surface area contributed by atoms with Gasteiger partial charge in [0.1, 0.15) is 5.69 Å². The second-order valence-electron chi connectivity index (χ2n) is 8.17. The van der Waals surface area contributed by atoms with Gasteiger partial charge in [-0.2, -0.15) is 57.8 Å². The van der Waals surface area contributed by atoms with E-state index in [9.17, 15) is 61.5 Å². The highest BCUT2D eigenvalue weighted by atomic mass is 35.5. The van der Waals surface area contributed by atoms with Crippen LogP contribution in [0.15, 0.2) is 42.7 Å². The van der Waals surface area contributed by atoms with Crippen molar-refractivity contribution in [2.75, 3.05) is 0 Å². The zero-order valence-electron chi connectivity index (χ0n) is 20.0. The van der Waals surface area contributed by atoms with Gasteiger partial charge in [0.25, 0.3) is 0 Å². The third-order valence-electron chi connectivity index (χ3n) is 5.45. The Hall–Kier alpha value is -2.21. The van der Waals surface area contributed by atoms with E-state index in [1.165, 1.54) is 18.5 Å². The monoisotopic (exact) mass is 723 g/mol. The minimum Gasteiger partial charge on any atom is -0.326 e. The Bertz CT molecular complexity index is 1360. The summed E-state index contributed by atoms with van der Waals surface area (Å²) in [6.07, 6.45) is -22.3. The van der Waals surface area contributed by atoms with Crippen LogP contribution in [0.2, 0.25) is 20.1 Å². The molecular formula is C22H11Cl4F14N3. The Balaban J connectivity index is 0.000000304. The first-order valence-corrected chi connectivity index (χ1v) is 12.1. The number of hydrogen-bond donors (Lipinski definition) is 1. The molecule has 0 bridgehead atoms. The molecule has 3 rings (SSSR count). The molecule has 0 radical (unpaired) electrons. The Kier molecular flexibility index (Phi) is 10.6. The van der Waals surface area contributed by atoms with Crippen molar-refractivity contribution in [1.29, 1.82) is 0 Å². The average molecular weight is 725 g/mol. The first kappa shape index (κ1) is 37.0. The summed E-state index contributed by atoms with van der Waals surface area (Å²) in [6.45, 7) is -0.324. The van der Waals surface area contributed by atoms with Gasteiger partial charge in [-0.15, -0.1) is 0 Å². The standard InChI is InChI=1S/C12H5Cl2F7N2.C10H6Cl2F7N/c13-7-4-6(10(15,11(16,17)18)12(19,20)21)5-8(14)9(7)23-3-1-2-22-23;11-6-1-4(2-7(12)5(6)3-20)8(13,9(14,15)16)10(17,18)19/h1-5H;1-2H,3,20H2. The lowest BCUT2D eigenvalue weighted by Crippen LogP contribution is -2.50. The van der Waals surface area contributed by atoms with E-state index in [0.29, 0.717) is 0 Å². The molecule has 21 heteroatoms. The van der Waals surface area contributed by atoms with E-state index in [1.54, 1.807) is 0 Å². The van der Waals surface area contributed by atoms with Gasteiger partial charge in [-0.25, -0.2) is 13.5 Å². The molecular weight excluding hydrogens is 714 g/mol. The van der Waals surface area contributed by atoms with Gasteiger partial charge in [-0.05, 0) is 30.3 Å². The number of nitrogens with two attached hydrogens (primary N) is 1. The normalized spacial score (nSPS) is 13.6. The molecule has 3 nitrogen and oxygen atoms in total. The lowest BCUT2D eigenvalue weighted by Gasteiger charge is -2.30. The number of alkyl halides is 14. The van der Waals surface area contributed by atoms with E-state index in [1.807, 2.05) is 0 Å². The maximum Gasteiger partial charge on any atom is 0.435 e. The molecule has 0 saturated heterocycles. The predicted molar refractivity (Wildman–Crippen MR) is 128 cm³/mol. The fourth-order valence-electron chi connectivity index (χ4n) is 3.36. The van der Waals surface area contributed by atoms with Crippen LogP contribution in [0.25, 0.3) is 5.69 Å². The SMILES string of the molecule is FC(F)(F)C(F)(c1cc(Cl)c(-n2cccn2)c(Cl)c1)C(F)(F)F.NCc1c(Cl)cc(C(F)(C(F)(F)F)C(F)(F)F)cc1Cl. The van der Waals surface area contributed by atoms with Crippen molar-refractivity contribution in [1.82, 2.24) is 9.78 Å². The fraction of sp³-hybridized carbons (Fsp3) is 0.318. The number of benzene rings is 2. The van der Waals surface area contributed by atoms with Crippen LogP contribution in [-0.4, -0.2) is 34.5 Å². The van der Waals surface area contributed by atoms with Crippen molar-refractivity contribution in [2.24, 2.45) is 5.73 Å². The first-order valence-electron chi connectivity index (χ1n) is 10.6. The molecule has 43 heavy (non-hydrogen) atoms. The number of nitrogens with zero attached hydrogens (tertiary/aromatic N) is 2. The summed E-state index contributed by atoms with van der Waals surface area (Å²) in [5.74, 6) is 0. The second kappa shape index (κ2) is 12.3. The molecule has 0 spiro atoms. The molecule has 1 aromatic heterocycles. The van der Waals surface area contributed by atoms with Gasteiger partial charge in [-0.3, -0.25) is 0 Å². The summed E-state index contributed by atoms with van der Waals surface area (Å²) in [6, 6.07) is 2.32. The molecule has 3 aromatic rings. The van der Waals surface area contributed by atoms with Crippen molar-refractivity contribution in [3.05, 3.63) is 79.5 Å². The third-order valence-corrected chi connectivity index (χ3v) is 6.70. The molecule has 2 aromatic carbocycles. The van der Waals surface area contributed by atoms with Crippen molar-refractivity contribution in [2.45, 2.75) is 42.6 Å². The summed E-state index contributed by atoms with van der Waals surface area (Å²) in [5.41, 5.74) is -9.75.